The largest absolute Gasteiger partial charge is 0.421 e. The molecule has 9 nitrogen and oxygen atoms in total. The summed E-state index contributed by atoms with van der Waals surface area (Å²) in [7, 11) is 0. The highest BCUT2D eigenvalue weighted by Gasteiger charge is 2.13. The summed E-state index contributed by atoms with van der Waals surface area (Å²) < 4.78 is 6.58. The lowest BCUT2D eigenvalue weighted by atomic mass is 10.2. The molecule has 0 bridgehead atoms. The average Bonchev–Trinajstić information content (AvgIpc) is 3.17. The van der Waals surface area contributed by atoms with Gasteiger partial charge in [0.2, 0.25) is 0 Å². The minimum Gasteiger partial charge on any atom is -0.421 e. The fourth-order valence-corrected chi connectivity index (χ4v) is 2.23. The van der Waals surface area contributed by atoms with Gasteiger partial charge in [-0.1, -0.05) is 18.2 Å². The van der Waals surface area contributed by atoms with Crippen LogP contribution in [0.2, 0.25) is 0 Å². The normalized spacial score (nSPS) is 10.7. The van der Waals surface area contributed by atoms with Crippen LogP contribution in [-0.4, -0.2) is 30.9 Å². The van der Waals surface area contributed by atoms with E-state index in [-0.39, 0.29) is 11.4 Å². The van der Waals surface area contributed by atoms with Gasteiger partial charge in [0.25, 0.3) is 5.91 Å². The van der Waals surface area contributed by atoms with Gasteiger partial charge >= 0.3 is 5.63 Å². The molecule has 1 amide bonds. The summed E-state index contributed by atoms with van der Waals surface area (Å²) in [6.45, 7) is 0. The fraction of sp³-hybridized carbons (Fsp3) is 0. The Morgan fingerprint density at radius 2 is 2.00 bits per heavy atom. The fourth-order valence-electron chi connectivity index (χ4n) is 2.23. The van der Waals surface area contributed by atoms with Gasteiger partial charge < -0.3 is 9.73 Å². The number of fused-ring (bicyclic) bond motifs is 1. The zero-order chi connectivity index (χ0) is 17.2. The summed E-state index contributed by atoms with van der Waals surface area (Å²) >= 11 is 0. The molecule has 3 heterocycles. The lowest BCUT2D eigenvalue weighted by Crippen LogP contribution is -2.19. The molecule has 25 heavy (non-hydrogen) atoms. The molecule has 0 aliphatic carbocycles. The Labute approximate surface area is 140 Å². The van der Waals surface area contributed by atoms with E-state index in [0.717, 1.165) is 0 Å². The second-order valence-corrected chi connectivity index (χ2v) is 5.06. The number of para-hydroxylation sites is 1. The van der Waals surface area contributed by atoms with Crippen molar-refractivity contribution in [3.63, 3.8) is 0 Å². The highest BCUT2D eigenvalue weighted by molar-refractivity contribution is 6.03. The van der Waals surface area contributed by atoms with Gasteiger partial charge in [-0.25, -0.2) is 14.5 Å². The van der Waals surface area contributed by atoms with Crippen molar-refractivity contribution in [2.75, 3.05) is 5.32 Å². The molecular weight excluding hydrogens is 324 g/mol. The van der Waals surface area contributed by atoms with Gasteiger partial charge in [0.1, 0.15) is 23.9 Å². The Morgan fingerprint density at radius 3 is 2.76 bits per heavy atom. The number of rotatable bonds is 3. The molecule has 1 aromatic carbocycles. The maximum atomic E-state index is 12.3. The van der Waals surface area contributed by atoms with Gasteiger partial charge in [-0.2, -0.15) is 5.10 Å². The summed E-state index contributed by atoms with van der Waals surface area (Å²) in [6.07, 6.45) is 2.82. The van der Waals surface area contributed by atoms with Crippen LogP contribution in [0.4, 0.5) is 5.69 Å². The first-order valence-corrected chi connectivity index (χ1v) is 7.24. The number of amides is 1. The standard InChI is InChI=1S/C16H10N6O3/c23-15(11-5-6-14(21-20-11)22-9-17-8-18-22)19-12-7-10-3-1-2-4-13(10)25-16(12)24/h1-9H,(H,19,23). The maximum absolute atomic E-state index is 12.3. The van der Waals surface area contributed by atoms with Crippen LogP contribution in [0, 0.1) is 0 Å². The van der Waals surface area contributed by atoms with E-state index in [9.17, 15) is 9.59 Å². The van der Waals surface area contributed by atoms with E-state index in [1.54, 1.807) is 30.3 Å². The first-order chi connectivity index (χ1) is 12.2. The van der Waals surface area contributed by atoms with E-state index in [1.807, 2.05) is 6.07 Å². The van der Waals surface area contributed by atoms with Crippen LogP contribution in [0.1, 0.15) is 10.5 Å². The Hall–Kier alpha value is -3.88. The second kappa shape index (κ2) is 5.96. The molecule has 0 spiro atoms. The predicted octanol–water partition coefficient (Wildman–Crippen LogP) is 1.42. The number of nitrogens with one attached hydrogen (secondary N) is 1. The summed E-state index contributed by atoms with van der Waals surface area (Å²) in [5.41, 5.74) is -0.107. The first kappa shape index (κ1) is 14.7. The number of hydrogen-bond acceptors (Lipinski definition) is 7. The highest BCUT2D eigenvalue weighted by Crippen LogP contribution is 2.15. The third kappa shape index (κ3) is 2.85. The topological polar surface area (TPSA) is 116 Å². The third-order valence-corrected chi connectivity index (χ3v) is 3.43. The third-order valence-electron chi connectivity index (χ3n) is 3.43. The number of hydrogen-bond donors (Lipinski definition) is 1. The van der Waals surface area contributed by atoms with Crippen LogP contribution < -0.4 is 10.9 Å². The van der Waals surface area contributed by atoms with Gasteiger partial charge in [-0.3, -0.25) is 4.79 Å². The molecule has 0 saturated carbocycles. The molecule has 9 heteroatoms. The summed E-state index contributed by atoms with van der Waals surface area (Å²) in [5, 5.41) is 14.9. The van der Waals surface area contributed by atoms with Crippen molar-refractivity contribution in [1.82, 2.24) is 25.0 Å². The SMILES string of the molecule is O=C(Nc1cc2ccccc2oc1=O)c1ccc(-n2cncn2)nn1. The van der Waals surface area contributed by atoms with E-state index in [1.165, 1.54) is 23.4 Å². The summed E-state index contributed by atoms with van der Waals surface area (Å²) in [5.74, 6) is -0.153. The number of anilines is 1. The molecule has 4 rings (SSSR count). The van der Waals surface area contributed by atoms with Gasteiger partial charge in [-0.05, 0) is 24.3 Å². The molecule has 0 unspecified atom stereocenters. The van der Waals surface area contributed by atoms with Gasteiger partial charge in [0.15, 0.2) is 11.5 Å². The van der Waals surface area contributed by atoms with Crippen LogP contribution >= 0.6 is 0 Å². The van der Waals surface area contributed by atoms with Crippen LogP contribution in [-0.2, 0) is 0 Å². The predicted molar refractivity (Wildman–Crippen MR) is 87.4 cm³/mol. The second-order valence-electron chi connectivity index (χ2n) is 5.06. The number of nitrogens with zero attached hydrogens (tertiary/aromatic N) is 5. The van der Waals surface area contributed by atoms with Crippen molar-refractivity contribution in [3.8, 4) is 5.82 Å². The van der Waals surface area contributed by atoms with Crippen molar-refractivity contribution in [2.45, 2.75) is 0 Å². The number of carbonyl (C=O) groups excluding carboxylic acids is 1. The minimum atomic E-state index is -0.640. The van der Waals surface area contributed by atoms with Crippen LogP contribution in [0.15, 0.2) is 64.3 Å². The zero-order valence-electron chi connectivity index (χ0n) is 12.7. The monoisotopic (exact) mass is 334 g/mol. The molecule has 1 N–H and O–H groups in total. The Bertz CT molecular complexity index is 1100. The van der Waals surface area contributed by atoms with Crippen LogP contribution in [0.3, 0.4) is 0 Å². The van der Waals surface area contributed by atoms with Gasteiger partial charge in [-0.15, -0.1) is 10.2 Å². The van der Waals surface area contributed by atoms with E-state index < -0.39 is 11.5 Å². The number of carbonyl (C=O) groups is 1. The molecule has 0 fully saturated rings. The van der Waals surface area contributed by atoms with Crippen LogP contribution in [0.25, 0.3) is 16.8 Å². The van der Waals surface area contributed by atoms with Crippen molar-refractivity contribution in [2.24, 2.45) is 0 Å². The lowest BCUT2D eigenvalue weighted by molar-refractivity contribution is 0.102. The van der Waals surface area contributed by atoms with E-state index >= 15 is 0 Å². The summed E-state index contributed by atoms with van der Waals surface area (Å²) in [6, 6.07) is 11.6. The number of aromatic nitrogens is 5. The van der Waals surface area contributed by atoms with E-state index in [4.69, 9.17) is 4.42 Å². The highest BCUT2D eigenvalue weighted by atomic mass is 16.4. The molecular formula is C16H10N6O3. The Balaban J connectivity index is 1.59. The number of benzene rings is 1. The van der Waals surface area contributed by atoms with E-state index in [0.29, 0.717) is 16.8 Å². The molecule has 0 aliphatic rings. The molecule has 3 aromatic heterocycles. The minimum absolute atomic E-state index is 0.0332. The molecule has 0 radical (unpaired) electrons. The molecule has 0 atom stereocenters. The first-order valence-electron chi connectivity index (χ1n) is 7.24. The van der Waals surface area contributed by atoms with E-state index in [2.05, 4.69) is 25.6 Å². The quantitative estimate of drug-likeness (QED) is 0.563. The van der Waals surface area contributed by atoms with Gasteiger partial charge in [0, 0.05) is 5.39 Å². The molecule has 122 valence electrons. The summed E-state index contributed by atoms with van der Waals surface area (Å²) in [4.78, 5) is 28.1. The average molecular weight is 334 g/mol. The van der Waals surface area contributed by atoms with Gasteiger partial charge in [0.05, 0.1) is 0 Å². The maximum Gasteiger partial charge on any atom is 0.360 e. The molecule has 0 saturated heterocycles. The Kier molecular flexibility index (Phi) is 3.51. The molecule has 0 aliphatic heterocycles. The van der Waals surface area contributed by atoms with Crippen molar-refractivity contribution in [3.05, 3.63) is 71.2 Å². The lowest BCUT2D eigenvalue weighted by Gasteiger charge is -2.05. The van der Waals surface area contributed by atoms with Crippen molar-refractivity contribution in [1.29, 1.82) is 0 Å². The van der Waals surface area contributed by atoms with Crippen molar-refractivity contribution >= 4 is 22.6 Å². The Morgan fingerprint density at radius 1 is 1.12 bits per heavy atom. The molecule has 4 aromatic rings. The van der Waals surface area contributed by atoms with Crippen molar-refractivity contribution < 1.29 is 9.21 Å². The van der Waals surface area contributed by atoms with Crippen LogP contribution in [0.5, 0.6) is 0 Å². The zero-order valence-corrected chi connectivity index (χ0v) is 12.7. The smallest absolute Gasteiger partial charge is 0.360 e.